The number of unbranched alkanes of at least 4 members (excludes halogenated alkanes) is 18. The molecular formula is C71H124NO15P. The van der Waals surface area contributed by atoms with Crippen LogP contribution >= 0.6 is 7.82 Å². The Labute approximate surface area is 532 Å². The van der Waals surface area contributed by atoms with Crippen molar-refractivity contribution >= 4 is 43.4 Å². The molecule has 0 bridgehead atoms. The fourth-order valence-corrected chi connectivity index (χ4v) is 15.9. The number of phosphoric ester groups is 1. The predicted octanol–water partition coefficient (Wildman–Crippen LogP) is 16.7. The number of nitrogens with one attached hydrogen (secondary N) is 1. The Morgan fingerprint density at radius 2 is 1.20 bits per heavy atom. The third-order valence-electron chi connectivity index (χ3n) is 20.3. The van der Waals surface area contributed by atoms with Gasteiger partial charge in [0.15, 0.2) is 6.10 Å². The maximum Gasteiger partial charge on any atom is 0.472 e. The molecule has 0 aliphatic heterocycles. The van der Waals surface area contributed by atoms with E-state index in [-0.39, 0.29) is 120 Å². The van der Waals surface area contributed by atoms with Crippen molar-refractivity contribution in [1.82, 2.24) is 5.32 Å². The highest BCUT2D eigenvalue weighted by Gasteiger charge is 2.59. The fourth-order valence-electron chi connectivity index (χ4n) is 15.1. The molecule has 6 unspecified atom stereocenters. The highest BCUT2D eigenvalue weighted by molar-refractivity contribution is 7.47. The molecule has 0 spiro atoms. The fraction of sp³-hybridized carbons (Fsp3) is 0.887. The quantitative estimate of drug-likeness (QED) is 0.0190. The largest absolute Gasteiger partial charge is 0.472 e. The molecule has 88 heavy (non-hydrogen) atoms. The number of hydrogen-bond donors (Lipinski definition) is 2. The van der Waals surface area contributed by atoms with Gasteiger partial charge >= 0.3 is 31.7 Å². The standard InChI is InChI=1S/C71H124NO15P/c1-8-10-12-14-16-18-20-22-24-26-33-66(75)83-53-60(87-68(77)34-27-25-23-21-19-17-15-13-11-9-2)54-85-88(79,80)84-48-29-32-58(73)36-41-67(76)82-51-50-81-49-47-72-65(74)40-42-69(78)86-59-43-45-70(6)57(52-59)35-37-61-63-39-38-62(56(5)31-28-30-55(3)4)71(63,7)46-44-64(61)70/h35,55-56,59-64H,8-34,36-54H2,1-7H3,(H,72,74)(H,79,80)/t56-,59+,60?,61?,62?,63?,64?,70+,71-/m1/s1. The summed E-state index contributed by atoms with van der Waals surface area (Å²) in [5.41, 5.74) is 2.10. The molecule has 4 aliphatic rings. The van der Waals surface area contributed by atoms with Crippen molar-refractivity contribution in [3.8, 4) is 0 Å². The number of phosphoric acid groups is 1. The molecular weight excluding hydrogens is 1140 g/mol. The zero-order valence-electron chi connectivity index (χ0n) is 56.3. The number of ketones is 1. The van der Waals surface area contributed by atoms with Crippen LogP contribution in [0.25, 0.3) is 0 Å². The van der Waals surface area contributed by atoms with Crippen molar-refractivity contribution in [2.45, 2.75) is 311 Å². The zero-order valence-corrected chi connectivity index (χ0v) is 57.2. The Hall–Kier alpha value is -3.17. The van der Waals surface area contributed by atoms with Crippen molar-refractivity contribution < 1.29 is 71.0 Å². The second kappa shape index (κ2) is 43.6. The molecule has 0 saturated heterocycles. The molecule has 0 aromatic carbocycles. The van der Waals surface area contributed by atoms with Gasteiger partial charge in [0.05, 0.1) is 39.3 Å². The Morgan fingerprint density at radius 1 is 0.591 bits per heavy atom. The molecule has 0 aromatic rings. The average Bonchev–Trinajstić information content (AvgIpc) is 1.43. The smallest absolute Gasteiger partial charge is 0.463 e. The van der Waals surface area contributed by atoms with Crippen LogP contribution in [0.2, 0.25) is 0 Å². The third-order valence-corrected chi connectivity index (χ3v) is 21.2. The summed E-state index contributed by atoms with van der Waals surface area (Å²) < 4.78 is 50.7. The molecule has 10 atom stereocenters. The predicted molar refractivity (Wildman–Crippen MR) is 346 cm³/mol. The minimum absolute atomic E-state index is 0.0100. The highest BCUT2D eigenvalue weighted by Crippen LogP contribution is 2.67. The van der Waals surface area contributed by atoms with Crippen LogP contribution in [0.15, 0.2) is 11.6 Å². The van der Waals surface area contributed by atoms with Crippen LogP contribution in [0.5, 0.6) is 0 Å². The minimum atomic E-state index is -4.64. The van der Waals surface area contributed by atoms with Crippen molar-refractivity contribution in [3.63, 3.8) is 0 Å². The molecule has 0 radical (unpaired) electrons. The summed E-state index contributed by atoms with van der Waals surface area (Å²) in [7, 11) is -4.64. The molecule has 2 N–H and O–H groups in total. The highest BCUT2D eigenvalue weighted by atomic mass is 31.2. The number of carbonyl (C=O) groups is 6. The van der Waals surface area contributed by atoms with Crippen LogP contribution in [0, 0.1) is 46.3 Å². The topological polar surface area (TPSA) is 216 Å². The molecule has 3 fully saturated rings. The summed E-state index contributed by atoms with van der Waals surface area (Å²) >= 11 is 0. The average molecular weight is 1260 g/mol. The normalized spacial score (nSPS) is 23.6. The Balaban J connectivity index is 1.02. The molecule has 508 valence electrons. The number of allylic oxidation sites excluding steroid dienone is 1. The summed E-state index contributed by atoms with van der Waals surface area (Å²) in [6, 6.07) is 0. The Morgan fingerprint density at radius 3 is 1.85 bits per heavy atom. The van der Waals surface area contributed by atoms with Gasteiger partial charge in [-0.2, -0.15) is 0 Å². The molecule has 4 rings (SSSR count). The summed E-state index contributed by atoms with van der Waals surface area (Å²) in [5, 5.41) is 2.76. The van der Waals surface area contributed by atoms with Gasteiger partial charge in [-0.15, -0.1) is 0 Å². The first-order valence-electron chi connectivity index (χ1n) is 35.7. The van der Waals surface area contributed by atoms with E-state index in [2.05, 4.69) is 59.9 Å². The van der Waals surface area contributed by atoms with Crippen LogP contribution in [0.1, 0.15) is 299 Å². The van der Waals surface area contributed by atoms with Crippen LogP contribution in [0.3, 0.4) is 0 Å². The lowest BCUT2D eigenvalue weighted by atomic mass is 9.47. The minimum Gasteiger partial charge on any atom is -0.463 e. The Bertz CT molecular complexity index is 2100. The van der Waals surface area contributed by atoms with E-state index < -0.39 is 38.4 Å². The van der Waals surface area contributed by atoms with Gasteiger partial charge < -0.3 is 33.9 Å². The van der Waals surface area contributed by atoms with E-state index in [0.717, 1.165) is 93.8 Å². The summed E-state index contributed by atoms with van der Waals surface area (Å²) in [6.45, 7) is 16.1. The molecule has 16 nitrogen and oxygen atoms in total. The van der Waals surface area contributed by atoms with E-state index in [0.29, 0.717) is 24.2 Å². The first-order valence-corrected chi connectivity index (χ1v) is 37.2. The van der Waals surface area contributed by atoms with Gasteiger partial charge in [0.25, 0.3) is 0 Å². The van der Waals surface area contributed by atoms with Gasteiger partial charge in [-0.25, -0.2) is 4.57 Å². The number of esters is 4. The number of rotatable bonds is 51. The second-order valence-electron chi connectivity index (χ2n) is 27.7. The molecule has 1 amide bonds. The number of fused-ring (bicyclic) bond motifs is 5. The number of ether oxygens (including phenoxy) is 5. The van der Waals surface area contributed by atoms with Crippen molar-refractivity contribution in [2.24, 2.45) is 46.3 Å². The molecule has 3 saturated carbocycles. The number of Topliss-reactive ketones (excluding diaryl/α,β-unsaturated/α-hetero) is 1. The zero-order chi connectivity index (χ0) is 64.1. The summed E-state index contributed by atoms with van der Waals surface area (Å²) in [5.74, 6) is 2.26. The maximum absolute atomic E-state index is 13.0. The van der Waals surface area contributed by atoms with E-state index in [1.54, 1.807) is 0 Å². The summed E-state index contributed by atoms with van der Waals surface area (Å²) in [6.07, 6.45) is 37.2. The summed E-state index contributed by atoms with van der Waals surface area (Å²) in [4.78, 5) is 86.2. The first kappa shape index (κ1) is 77.3. The number of hydrogen-bond acceptors (Lipinski definition) is 14. The van der Waals surface area contributed by atoms with E-state index in [9.17, 15) is 38.2 Å². The van der Waals surface area contributed by atoms with Crippen LogP contribution in [0.4, 0.5) is 0 Å². The number of amides is 1. The van der Waals surface area contributed by atoms with Crippen LogP contribution in [-0.2, 0) is 66.1 Å². The van der Waals surface area contributed by atoms with Gasteiger partial charge in [-0.1, -0.05) is 195 Å². The van der Waals surface area contributed by atoms with Crippen molar-refractivity contribution in [2.75, 3.05) is 46.2 Å². The molecule has 17 heteroatoms. The Kier molecular flexibility index (Phi) is 38.3. The molecule has 4 aliphatic carbocycles. The monoisotopic (exact) mass is 1260 g/mol. The van der Waals surface area contributed by atoms with E-state index in [1.807, 2.05) is 0 Å². The third kappa shape index (κ3) is 30.1. The van der Waals surface area contributed by atoms with Gasteiger partial charge in [0.1, 0.15) is 25.1 Å². The lowest BCUT2D eigenvalue weighted by Gasteiger charge is -2.58. The van der Waals surface area contributed by atoms with Gasteiger partial charge in [-0.3, -0.25) is 37.8 Å². The van der Waals surface area contributed by atoms with Gasteiger partial charge in [-0.05, 0) is 111 Å². The van der Waals surface area contributed by atoms with E-state index in [1.165, 1.54) is 128 Å². The molecule has 0 heterocycles. The van der Waals surface area contributed by atoms with Crippen molar-refractivity contribution in [1.29, 1.82) is 0 Å². The maximum atomic E-state index is 13.0. The van der Waals surface area contributed by atoms with Crippen LogP contribution < -0.4 is 5.32 Å². The van der Waals surface area contributed by atoms with Gasteiger partial charge in [0.2, 0.25) is 5.91 Å². The van der Waals surface area contributed by atoms with E-state index in [4.69, 9.17) is 32.7 Å². The lowest BCUT2D eigenvalue weighted by Crippen LogP contribution is -2.51. The number of carbonyl (C=O) groups excluding carboxylic acids is 6. The lowest BCUT2D eigenvalue weighted by molar-refractivity contribution is -0.161. The van der Waals surface area contributed by atoms with Gasteiger partial charge in [0, 0.05) is 45.1 Å². The second-order valence-corrected chi connectivity index (χ2v) is 29.2. The molecule has 0 aromatic heterocycles. The van der Waals surface area contributed by atoms with Crippen LogP contribution in [-0.4, -0.2) is 98.9 Å². The first-order chi connectivity index (χ1) is 42.3. The van der Waals surface area contributed by atoms with E-state index >= 15 is 0 Å². The van der Waals surface area contributed by atoms with Crippen molar-refractivity contribution in [3.05, 3.63) is 11.6 Å². The SMILES string of the molecule is CCCCCCCCCCCCC(=O)OCC(COP(=O)(O)OCCCC(=O)CCC(=O)OCCOCCNC(=O)CCC(=O)O[C@H]1CC[C@@]2(C)C(=CCC3C4CCC([C@H](C)CCCC(C)C)[C@@]4(C)CCC32)C1)OC(=O)CCCCCCCCCCCC.